The number of thioether (sulfide) groups is 1. The van der Waals surface area contributed by atoms with Gasteiger partial charge in [-0.15, -0.1) is 0 Å². The predicted molar refractivity (Wildman–Crippen MR) is 84.0 cm³/mol. The van der Waals surface area contributed by atoms with Crippen LogP contribution in [0.25, 0.3) is 0 Å². The average molecular weight is 298 g/mol. The fourth-order valence-electron chi connectivity index (χ4n) is 2.68. The summed E-state index contributed by atoms with van der Waals surface area (Å²) >= 11 is 1.37. The molecule has 0 spiro atoms. The van der Waals surface area contributed by atoms with Gasteiger partial charge in [0, 0.05) is 6.04 Å². The van der Waals surface area contributed by atoms with Crippen LogP contribution >= 0.6 is 11.8 Å². The van der Waals surface area contributed by atoms with Gasteiger partial charge >= 0.3 is 0 Å². The Kier molecular flexibility index (Phi) is 4.80. The van der Waals surface area contributed by atoms with Gasteiger partial charge in [-0.05, 0) is 33.6 Å². The molecule has 0 aromatic heterocycles. The van der Waals surface area contributed by atoms with Gasteiger partial charge in [0.15, 0.2) is 5.17 Å². The smallest absolute Gasteiger partial charge is 0.267 e. The standard InChI is InChI=1S/C15H26N2O2S/c1-14(2,19)15(3)12(18)17-13(20-15)16-11-9-7-5-4-6-8-10-11/h11,19H,4-10H2,1-3H3,(H,16,17,18). The van der Waals surface area contributed by atoms with E-state index in [9.17, 15) is 9.90 Å². The molecule has 1 amide bonds. The number of amidine groups is 1. The molecule has 1 aliphatic carbocycles. The van der Waals surface area contributed by atoms with E-state index in [2.05, 4.69) is 10.3 Å². The van der Waals surface area contributed by atoms with Crippen molar-refractivity contribution in [1.82, 2.24) is 5.32 Å². The second kappa shape index (κ2) is 6.06. The topological polar surface area (TPSA) is 61.7 Å². The highest BCUT2D eigenvalue weighted by Gasteiger charge is 2.51. The van der Waals surface area contributed by atoms with E-state index in [1.54, 1.807) is 20.8 Å². The van der Waals surface area contributed by atoms with Crippen molar-refractivity contribution in [3.05, 3.63) is 0 Å². The summed E-state index contributed by atoms with van der Waals surface area (Å²) in [5, 5.41) is 14.3. The Morgan fingerprint density at radius 2 is 1.80 bits per heavy atom. The van der Waals surface area contributed by atoms with E-state index in [4.69, 9.17) is 0 Å². The van der Waals surface area contributed by atoms with E-state index >= 15 is 0 Å². The van der Waals surface area contributed by atoms with Gasteiger partial charge in [-0.1, -0.05) is 43.9 Å². The van der Waals surface area contributed by atoms with E-state index < -0.39 is 10.3 Å². The molecule has 1 saturated carbocycles. The van der Waals surface area contributed by atoms with Crippen LogP contribution < -0.4 is 5.32 Å². The molecular formula is C15H26N2O2S. The van der Waals surface area contributed by atoms with E-state index in [0.717, 1.165) is 12.8 Å². The third-order valence-corrected chi connectivity index (χ3v) is 6.00. The molecule has 5 heteroatoms. The molecule has 1 unspecified atom stereocenters. The molecule has 4 nitrogen and oxygen atoms in total. The van der Waals surface area contributed by atoms with Crippen LogP contribution in [0, 0.1) is 0 Å². The number of rotatable bonds is 2. The molecule has 2 aliphatic rings. The molecule has 0 bridgehead atoms. The minimum atomic E-state index is -1.08. The van der Waals surface area contributed by atoms with E-state index in [0.29, 0.717) is 11.2 Å². The Labute approximate surface area is 125 Å². The molecule has 2 rings (SSSR count). The van der Waals surface area contributed by atoms with Crippen LogP contribution in [0.15, 0.2) is 4.99 Å². The van der Waals surface area contributed by atoms with Gasteiger partial charge in [-0.2, -0.15) is 4.99 Å². The second-order valence-electron chi connectivity index (χ2n) is 6.60. The lowest BCUT2D eigenvalue weighted by Crippen LogP contribution is -2.49. The number of carbonyl (C=O) groups is 1. The van der Waals surface area contributed by atoms with Gasteiger partial charge in [-0.3, -0.25) is 4.79 Å². The highest BCUT2D eigenvalue weighted by molar-refractivity contribution is 8.16. The molecule has 0 radical (unpaired) electrons. The van der Waals surface area contributed by atoms with Crippen LogP contribution in [0.5, 0.6) is 0 Å². The molecule has 114 valence electrons. The number of aliphatic imine (C=N–C) groups is 1. The number of nitrogens with zero attached hydrogens (tertiary/aromatic N) is 1. The lowest BCUT2D eigenvalue weighted by molar-refractivity contribution is -0.124. The van der Waals surface area contributed by atoms with Crippen LogP contribution in [0.2, 0.25) is 0 Å². The lowest BCUT2D eigenvalue weighted by Gasteiger charge is -2.33. The van der Waals surface area contributed by atoms with Crippen molar-refractivity contribution in [2.75, 3.05) is 0 Å². The van der Waals surface area contributed by atoms with Gasteiger partial charge in [0.1, 0.15) is 4.75 Å². The maximum Gasteiger partial charge on any atom is 0.267 e. The quantitative estimate of drug-likeness (QED) is 0.823. The van der Waals surface area contributed by atoms with Crippen LogP contribution in [0.1, 0.15) is 65.7 Å². The van der Waals surface area contributed by atoms with Crippen LogP contribution in [-0.4, -0.2) is 32.6 Å². The Morgan fingerprint density at radius 1 is 1.25 bits per heavy atom. The highest BCUT2D eigenvalue weighted by Crippen LogP contribution is 2.41. The summed E-state index contributed by atoms with van der Waals surface area (Å²) in [7, 11) is 0. The van der Waals surface area contributed by atoms with E-state index in [-0.39, 0.29) is 5.91 Å². The fraction of sp³-hybridized carbons (Fsp3) is 0.867. The van der Waals surface area contributed by atoms with E-state index in [1.807, 2.05) is 0 Å². The maximum absolute atomic E-state index is 12.1. The Balaban J connectivity index is 1.97. The van der Waals surface area contributed by atoms with Crippen molar-refractivity contribution >= 4 is 22.8 Å². The first-order chi connectivity index (χ1) is 9.33. The minimum absolute atomic E-state index is 0.233. The summed E-state index contributed by atoms with van der Waals surface area (Å²) in [6.45, 7) is 5.12. The number of amides is 1. The SMILES string of the molecule is CC(C)(O)C1(C)SC(NC2CCCCCCC2)=NC1=O. The normalized spacial score (nSPS) is 29.8. The zero-order chi connectivity index (χ0) is 14.8. The largest absolute Gasteiger partial charge is 0.388 e. The first-order valence-electron chi connectivity index (χ1n) is 7.64. The highest BCUT2D eigenvalue weighted by atomic mass is 32.2. The monoisotopic (exact) mass is 298 g/mol. The molecule has 1 atom stereocenters. The average Bonchev–Trinajstić information content (AvgIpc) is 2.58. The Morgan fingerprint density at radius 3 is 2.30 bits per heavy atom. The maximum atomic E-state index is 12.1. The minimum Gasteiger partial charge on any atom is -0.388 e. The van der Waals surface area contributed by atoms with Crippen molar-refractivity contribution < 1.29 is 9.90 Å². The van der Waals surface area contributed by atoms with Crippen molar-refractivity contribution in [1.29, 1.82) is 0 Å². The van der Waals surface area contributed by atoms with Gasteiger partial charge in [-0.25, -0.2) is 0 Å². The number of nitrogens with one attached hydrogen (secondary N) is 1. The second-order valence-corrected chi connectivity index (χ2v) is 8.01. The van der Waals surface area contributed by atoms with Gasteiger partial charge < -0.3 is 10.4 Å². The molecule has 1 aliphatic heterocycles. The molecule has 1 heterocycles. The summed E-state index contributed by atoms with van der Waals surface area (Å²) in [6, 6.07) is 0.415. The molecular weight excluding hydrogens is 272 g/mol. The van der Waals surface area contributed by atoms with Crippen molar-refractivity contribution in [2.24, 2.45) is 4.99 Å². The first-order valence-corrected chi connectivity index (χ1v) is 8.45. The first kappa shape index (κ1) is 15.8. The summed E-state index contributed by atoms with van der Waals surface area (Å²) in [6.07, 6.45) is 8.73. The summed E-state index contributed by atoms with van der Waals surface area (Å²) in [5.41, 5.74) is -1.08. The van der Waals surface area contributed by atoms with Gasteiger partial charge in [0.05, 0.1) is 5.60 Å². The van der Waals surface area contributed by atoms with E-state index in [1.165, 1.54) is 43.9 Å². The Bertz CT molecular complexity index is 395. The zero-order valence-electron chi connectivity index (χ0n) is 12.7. The fourth-order valence-corrected chi connectivity index (χ4v) is 3.81. The molecule has 2 N–H and O–H groups in total. The molecule has 1 fully saturated rings. The van der Waals surface area contributed by atoms with Crippen molar-refractivity contribution in [3.63, 3.8) is 0 Å². The van der Waals surface area contributed by atoms with Crippen LogP contribution in [0.4, 0.5) is 0 Å². The number of hydrogen-bond donors (Lipinski definition) is 2. The number of hydrogen-bond acceptors (Lipinski definition) is 4. The molecule has 0 saturated heterocycles. The van der Waals surface area contributed by atoms with Crippen molar-refractivity contribution in [2.45, 2.75) is 82.1 Å². The zero-order valence-corrected chi connectivity index (χ0v) is 13.6. The van der Waals surface area contributed by atoms with Crippen molar-refractivity contribution in [3.8, 4) is 0 Å². The lowest BCUT2D eigenvalue weighted by atomic mass is 9.91. The third kappa shape index (κ3) is 3.37. The summed E-state index contributed by atoms with van der Waals surface area (Å²) in [4.78, 5) is 16.2. The van der Waals surface area contributed by atoms with Crippen LogP contribution in [0.3, 0.4) is 0 Å². The molecule has 0 aromatic carbocycles. The summed E-state index contributed by atoms with van der Waals surface area (Å²) < 4.78 is -0.878. The number of carbonyl (C=O) groups excluding carboxylic acids is 1. The third-order valence-electron chi connectivity index (χ3n) is 4.51. The predicted octanol–water partition coefficient (Wildman–Crippen LogP) is 2.85. The van der Waals surface area contributed by atoms with Crippen LogP contribution in [-0.2, 0) is 4.79 Å². The number of aliphatic hydroxyl groups is 1. The molecule has 0 aromatic rings. The Hall–Kier alpha value is -0.550. The van der Waals surface area contributed by atoms with Gasteiger partial charge in [0.2, 0.25) is 0 Å². The summed E-state index contributed by atoms with van der Waals surface area (Å²) in [5.74, 6) is -0.233. The molecule has 20 heavy (non-hydrogen) atoms. The van der Waals surface area contributed by atoms with Gasteiger partial charge in [0.25, 0.3) is 5.91 Å².